The van der Waals surface area contributed by atoms with Crippen molar-refractivity contribution in [2.45, 2.75) is 13.2 Å². The zero-order chi connectivity index (χ0) is 14.7. The van der Waals surface area contributed by atoms with E-state index in [9.17, 15) is 4.79 Å². The molecule has 0 spiro atoms. The van der Waals surface area contributed by atoms with Gasteiger partial charge in [-0.15, -0.1) is 0 Å². The minimum atomic E-state index is -0.261. The molecule has 4 heteroatoms. The van der Waals surface area contributed by atoms with E-state index < -0.39 is 0 Å². The summed E-state index contributed by atoms with van der Waals surface area (Å²) < 4.78 is 11.0. The van der Waals surface area contributed by atoms with Crippen molar-refractivity contribution in [3.8, 4) is 11.1 Å². The molecule has 4 nitrogen and oxygen atoms in total. The molecular weight excluding hydrogens is 266 g/mol. The van der Waals surface area contributed by atoms with Crippen molar-refractivity contribution in [1.29, 1.82) is 0 Å². The highest BCUT2D eigenvalue weighted by atomic mass is 16.7. The predicted octanol–water partition coefficient (Wildman–Crippen LogP) is 3.36. The molecule has 2 aromatic rings. The average molecular weight is 283 g/mol. The lowest BCUT2D eigenvalue weighted by atomic mass is 10.0. The molecule has 0 aliphatic carbocycles. The summed E-state index contributed by atoms with van der Waals surface area (Å²) in [5.74, 6) is -0.0692. The zero-order valence-electron chi connectivity index (χ0n) is 11.8. The molecule has 108 valence electrons. The first-order valence-electron chi connectivity index (χ1n) is 6.93. The van der Waals surface area contributed by atoms with Gasteiger partial charge in [-0.25, -0.2) is 0 Å². The molecule has 0 bridgehead atoms. The second kappa shape index (κ2) is 6.08. The Hall–Kier alpha value is -2.17. The van der Waals surface area contributed by atoms with Gasteiger partial charge in [0.1, 0.15) is 0 Å². The van der Waals surface area contributed by atoms with Crippen LogP contribution in [0.5, 0.6) is 0 Å². The number of hydrogen-bond donors (Lipinski definition) is 1. The fourth-order valence-corrected chi connectivity index (χ4v) is 2.36. The maximum Gasteiger partial charge on any atom is 0.221 e. The van der Waals surface area contributed by atoms with Gasteiger partial charge in [-0.05, 0) is 29.3 Å². The van der Waals surface area contributed by atoms with Crippen molar-refractivity contribution in [2.75, 3.05) is 18.5 Å². The number of nitrogens with one attached hydrogen (secondary N) is 1. The van der Waals surface area contributed by atoms with Gasteiger partial charge >= 0.3 is 0 Å². The summed E-state index contributed by atoms with van der Waals surface area (Å²) in [6.07, 6.45) is -0.261. The Bertz CT molecular complexity index is 631. The maximum atomic E-state index is 11.0. The van der Waals surface area contributed by atoms with E-state index in [2.05, 4.69) is 11.4 Å². The van der Waals surface area contributed by atoms with E-state index in [4.69, 9.17) is 9.47 Å². The molecule has 3 rings (SSSR count). The lowest BCUT2D eigenvalue weighted by Gasteiger charge is -2.11. The topological polar surface area (TPSA) is 47.6 Å². The summed E-state index contributed by atoms with van der Waals surface area (Å²) in [5.41, 5.74) is 4.01. The molecule has 1 saturated heterocycles. The second-order valence-electron chi connectivity index (χ2n) is 4.96. The number of ether oxygens (including phenoxy) is 2. The molecule has 0 saturated carbocycles. The van der Waals surface area contributed by atoms with Crippen LogP contribution in [0, 0.1) is 0 Å². The third-order valence-corrected chi connectivity index (χ3v) is 3.32. The van der Waals surface area contributed by atoms with Gasteiger partial charge < -0.3 is 14.8 Å². The summed E-state index contributed by atoms with van der Waals surface area (Å²) in [4.78, 5) is 11.0. The van der Waals surface area contributed by atoms with Crippen LogP contribution in [-0.2, 0) is 14.3 Å². The Morgan fingerprint density at radius 1 is 1.05 bits per heavy atom. The van der Waals surface area contributed by atoms with E-state index in [1.54, 1.807) is 0 Å². The van der Waals surface area contributed by atoms with E-state index in [1.165, 1.54) is 6.92 Å². The molecule has 0 aromatic heterocycles. The third-order valence-electron chi connectivity index (χ3n) is 3.32. The smallest absolute Gasteiger partial charge is 0.221 e. The van der Waals surface area contributed by atoms with Crippen LogP contribution in [0.4, 0.5) is 5.69 Å². The fourth-order valence-electron chi connectivity index (χ4n) is 2.36. The Morgan fingerprint density at radius 3 is 2.43 bits per heavy atom. The molecule has 0 atom stereocenters. The summed E-state index contributed by atoms with van der Waals surface area (Å²) in [6, 6.07) is 15.9. The van der Waals surface area contributed by atoms with Gasteiger partial charge in [0.15, 0.2) is 6.29 Å². The van der Waals surface area contributed by atoms with E-state index in [0.29, 0.717) is 13.2 Å². The highest BCUT2D eigenvalue weighted by molar-refractivity contribution is 5.89. The van der Waals surface area contributed by atoms with E-state index in [1.807, 2.05) is 42.5 Å². The number of carbonyl (C=O) groups excluding carboxylic acids is 1. The van der Waals surface area contributed by atoms with Gasteiger partial charge in [-0.1, -0.05) is 30.3 Å². The van der Waals surface area contributed by atoms with Crippen LogP contribution in [0.2, 0.25) is 0 Å². The summed E-state index contributed by atoms with van der Waals surface area (Å²) >= 11 is 0. The van der Waals surface area contributed by atoms with Crippen LogP contribution < -0.4 is 5.32 Å². The first-order valence-corrected chi connectivity index (χ1v) is 6.93. The van der Waals surface area contributed by atoms with Gasteiger partial charge in [0, 0.05) is 18.2 Å². The maximum absolute atomic E-state index is 11.0. The van der Waals surface area contributed by atoms with Crippen LogP contribution in [0.25, 0.3) is 11.1 Å². The van der Waals surface area contributed by atoms with Gasteiger partial charge in [0.05, 0.1) is 13.2 Å². The molecule has 0 unspecified atom stereocenters. The minimum Gasteiger partial charge on any atom is -0.346 e. The number of rotatable bonds is 3. The van der Waals surface area contributed by atoms with Gasteiger partial charge in [-0.2, -0.15) is 0 Å². The first-order chi connectivity index (χ1) is 10.2. The molecule has 1 aliphatic heterocycles. The molecule has 1 heterocycles. The highest BCUT2D eigenvalue weighted by Crippen LogP contribution is 2.28. The van der Waals surface area contributed by atoms with Crippen LogP contribution in [0.3, 0.4) is 0 Å². The summed E-state index contributed by atoms with van der Waals surface area (Å²) in [7, 11) is 0. The van der Waals surface area contributed by atoms with E-state index in [-0.39, 0.29) is 12.2 Å². The van der Waals surface area contributed by atoms with Crippen molar-refractivity contribution in [3.05, 3.63) is 54.1 Å². The van der Waals surface area contributed by atoms with Crippen LogP contribution in [-0.4, -0.2) is 19.1 Å². The number of anilines is 1. The van der Waals surface area contributed by atoms with Crippen LogP contribution in [0.15, 0.2) is 48.5 Å². The minimum absolute atomic E-state index is 0.0692. The SMILES string of the molecule is CC(=O)Nc1ccc(-c2cccc(C3OCCO3)c2)cc1. The average Bonchev–Trinajstić information content (AvgIpc) is 3.02. The van der Waals surface area contributed by atoms with Gasteiger partial charge in [0.2, 0.25) is 5.91 Å². The van der Waals surface area contributed by atoms with Crippen molar-refractivity contribution < 1.29 is 14.3 Å². The fraction of sp³-hybridized carbons (Fsp3) is 0.235. The Morgan fingerprint density at radius 2 is 1.76 bits per heavy atom. The lowest BCUT2D eigenvalue weighted by Crippen LogP contribution is -2.05. The molecule has 21 heavy (non-hydrogen) atoms. The zero-order valence-corrected chi connectivity index (χ0v) is 11.8. The van der Waals surface area contributed by atoms with Gasteiger partial charge in [0.25, 0.3) is 0 Å². The quantitative estimate of drug-likeness (QED) is 0.939. The highest BCUT2D eigenvalue weighted by Gasteiger charge is 2.18. The number of hydrogen-bond acceptors (Lipinski definition) is 3. The monoisotopic (exact) mass is 283 g/mol. The standard InChI is InChI=1S/C17H17NO3/c1-12(19)18-16-7-5-13(6-8-16)14-3-2-4-15(11-14)17-20-9-10-21-17/h2-8,11,17H,9-10H2,1H3,(H,18,19). The Labute approximate surface area is 123 Å². The second-order valence-corrected chi connectivity index (χ2v) is 4.96. The third kappa shape index (κ3) is 3.29. The largest absolute Gasteiger partial charge is 0.346 e. The molecular formula is C17H17NO3. The number of amides is 1. The molecule has 1 N–H and O–H groups in total. The van der Waals surface area contributed by atoms with Crippen LogP contribution in [0.1, 0.15) is 18.8 Å². The van der Waals surface area contributed by atoms with E-state index in [0.717, 1.165) is 22.4 Å². The van der Waals surface area contributed by atoms with Crippen molar-refractivity contribution >= 4 is 11.6 Å². The van der Waals surface area contributed by atoms with Crippen molar-refractivity contribution in [2.24, 2.45) is 0 Å². The molecule has 0 radical (unpaired) electrons. The Kier molecular flexibility index (Phi) is 3.99. The van der Waals surface area contributed by atoms with Crippen molar-refractivity contribution in [1.82, 2.24) is 0 Å². The Balaban J connectivity index is 1.82. The normalized spacial score (nSPS) is 15.1. The molecule has 1 fully saturated rings. The summed E-state index contributed by atoms with van der Waals surface area (Å²) in [5, 5.41) is 2.76. The predicted molar refractivity (Wildman–Crippen MR) is 80.8 cm³/mol. The molecule has 2 aromatic carbocycles. The molecule has 1 aliphatic rings. The van der Waals surface area contributed by atoms with E-state index >= 15 is 0 Å². The lowest BCUT2D eigenvalue weighted by molar-refractivity contribution is -0.114. The first kappa shape index (κ1) is 13.8. The summed E-state index contributed by atoms with van der Waals surface area (Å²) in [6.45, 7) is 2.78. The molecule has 1 amide bonds. The van der Waals surface area contributed by atoms with Gasteiger partial charge in [-0.3, -0.25) is 4.79 Å². The number of benzene rings is 2. The number of carbonyl (C=O) groups is 1. The van der Waals surface area contributed by atoms with Crippen LogP contribution >= 0.6 is 0 Å². The van der Waals surface area contributed by atoms with Crippen molar-refractivity contribution in [3.63, 3.8) is 0 Å².